The van der Waals surface area contributed by atoms with E-state index >= 15 is 0 Å². The van der Waals surface area contributed by atoms with Crippen LogP contribution in [0.3, 0.4) is 0 Å². The van der Waals surface area contributed by atoms with Crippen molar-refractivity contribution in [2.24, 2.45) is 5.92 Å². The standard InChI is InChI=1S/C20H25N2O6P/c1-15(2)14-18(19(23)26-3)21-20(24)22-29(25,27-16-10-6-4-7-11-16)28-17-12-8-5-9-13-17/h4-13,15,18H,14H2,1-3H3,(H2,21,22,24,25). The number of hydrogen-bond acceptors (Lipinski definition) is 6. The zero-order valence-electron chi connectivity index (χ0n) is 16.5. The number of benzene rings is 2. The summed E-state index contributed by atoms with van der Waals surface area (Å²) in [5.74, 6) is 0.0153. The van der Waals surface area contributed by atoms with E-state index in [1.807, 2.05) is 13.8 Å². The number of ether oxygens (including phenoxy) is 1. The molecule has 156 valence electrons. The fourth-order valence-corrected chi connectivity index (χ4v) is 3.69. The van der Waals surface area contributed by atoms with Crippen LogP contribution >= 0.6 is 7.75 Å². The number of carbonyl (C=O) groups excluding carboxylic acids is 2. The van der Waals surface area contributed by atoms with E-state index in [1.54, 1.807) is 60.7 Å². The third kappa shape index (κ3) is 7.50. The molecule has 0 saturated heterocycles. The summed E-state index contributed by atoms with van der Waals surface area (Å²) in [6, 6.07) is 14.8. The molecule has 2 aromatic carbocycles. The maximum absolute atomic E-state index is 13.3. The van der Waals surface area contributed by atoms with Gasteiger partial charge in [0.2, 0.25) is 0 Å². The lowest BCUT2D eigenvalue weighted by molar-refractivity contribution is -0.143. The van der Waals surface area contributed by atoms with Crippen LogP contribution in [0, 0.1) is 5.92 Å². The Hall–Kier alpha value is -2.99. The van der Waals surface area contributed by atoms with E-state index < -0.39 is 25.8 Å². The topological polar surface area (TPSA) is 103 Å². The molecule has 2 aromatic rings. The Kier molecular flexibility index (Phi) is 8.09. The highest BCUT2D eigenvalue weighted by Gasteiger charge is 2.33. The van der Waals surface area contributed by atoms with Gasteiger partial charge in [0.25, 0.3) is 0 Å². The average Bonchev–Trinajstić information content (AvgIpc) is 2.67. The van der Waals surface area contributed by atoms with E-state index in [0.29, 0.717) is 6.42 Å². The monoisotopic (exact) mass is 420 g/mol. The third-order valence-corrected chi connectivity index (χ3v) is 5.05. The molecule has 9 heteroatoms. The van der Waals surface area contributed by atoms with Gasteiger partial charge in [0, 0.05) is 0 Å². The Bertz CT molecular complexity index is 799. The van der Waals surface area contributed by atoms with Gasteiger partial charge in [-0.1, -0.05) is 50.2 Å². The van der Waals surface area contributed by atoms with Crippen LogP contribution < -0.4 is 19.5 Å². The van der Waals surface area contributed by atoms with E-state index in [2.05, 4.69) is 10.4 Å². The Morgan fingerprint density at radius 3 is 1.83 bits per heavy atom. The zero-order chi connectivity index (χ0) is 21.3. The number of urea groups is 1. The van der Waals surface area contributed by atoms with Crippen LogP contribution in [0.1, 0.15) is 20.3 Å². The molecule has 8 nitrogen and oxygen atoms in total. The number of nitrogens with one attached hydrogen (secondary N) is 2. The van der Waals surface area contributed by atoms with Crippen molar-refractivity contribution in [1.29, 1.82) is 0 Å². The highest BCUT2D eigenvalue weighted by molar-refractivity contribution is 7.53. The quantitative estimate of drug-likeness (QED) is 0.467. The molecular weight excluding hydrogens is 395 g/mol. The predicted octanol–water partition coefficient (Wildman–Crippen LogP) is 4.14. The molecule has 0 heterocycles. The van der Waals surface area contributed by atoms with Gasteiger partial charge in [-0.25, -0.2) is 19.2 Å². The Balaban J connectivity index is 2.18. The van der Waals surface area contributed by atoms with Gasteiger partial charge in [-0.2, -0.15) is 0 Å². The second-order valence-electron chi connectivity index (χ2n) is 6.60. The van der Waals surface area contributed by atoms with E-state index in [9.17, 15) is 14.2 Å². The van der Waals surface area contributed by atoms with Crippen molar-refractivity contribution in [2.45, 2.75) is 26.3 Å². The van der Waals surface area contributed by atoms with Crippen LogP contribution in [-0.2, 0) is 14.1 Å². The highest BCUT2D eigenvalue weighted by Crippen LogP contribution is 2.44. The van der Waals surface area contributed by atoms with Gasteiger partial charge in [-0.05, 0) is 36.6 Å². The van der Waals surface area contributed by atoms with Crippen molar-refractivity contribution in [3.63, 3.8) is 0 Å². The summed E-state index contributed by atoms with van der Waals surface area (Å²) in [4.78, 5) is 24.4. The molecule has 0 aromatic heterocycles. The van der Waals surface area contributed by atoms with Gasteiger partial charge in [-0.15, -0.1) is 0 Å². The minimum atomic E-state index is -4.16. The lowest BCUT2D eigenvalue weighted by atomic mass is 10.0. The minimum Gasteiger partial charge on any atom is -0.467 e. The van der Waals surface area contributed by atoms with Gasteiger partial charge in [0.05, 0.1) is 7.11 Å². The van der Waals surface area contributed by atoms with Crippen molar-refractivity contribution >= 4 is 19.7 Å². The summed E-state index contributed by atoms with van der Waals surface area (Å²) in [6.07, 6.45) is 0.351. The van der Waals surface area contributed by atoms with Crippen LogP contribution in [0.4, 0.5) is 4.79 Å². The number of esters is 1. The number of hydrogen-bond donors (Lipinski definition) is 2. The van der Waals surface area contributed by atoms with Crippen molar-refractivity contribution in [1.82, 2.24) is 10.4 Å². The van der Waals surface area contributed by atoms with Crippen molar-refractivity contribution in [3.8, 4) is 11.5 Å². The molecule has 0 saturated carbocycles. The Labute approximate surface area is 170 Å². The molecule has 29 heavy (non-hydrogen) atoms. The lowest BCUT2D eigenvalue weighted by Crippen LogP contribution is -2.46. The van der Waals surface area contributed by atoms with Gasteiger partial charge < -0.3 is 19.1 Å². The third-order valence-electron chi connectivity index (χ3n) is 3.67. The second kappa shape index (κ2) is 10.5. The molecule has 0 fully saturated rings. The Morgan fingerprint density at radius 2 is 1.41 bits per heavy atom. The first-order chi connectivity index (χ1) is 13.8. The predicted molar refractivity (Wildman–Crippen MR) is 109 cm³/mol. The molecule has 1 atom stereocenters. The summed E-state index contributed by atoms with van der Waals surface area (Å²) in [6.45, 7) is 3.80. The van der Waals surface area contributed by atoms with Crippen LogP contribution in [0.15, 0.2) is 60.7 Å². The maximum atomic E-state index is 13.3. The van der Waals surface area contributed by atoms with Crippen LogP contribution in [0.25, 0.3) is 0 Å². The van der Waals surface area contributed by atoms with Crippen LogP contribution in [0.5, 0.6) is 11.5 Å². The van der Waals surface area contributed by atoms with Crippen molar-refractivity contribution in [2.75, 3.05) is 7.11 Å². The summed E-state index contributed by atoms with van der Waals surface area (Å²) >= 11 is 0. The summed E-state index contributed by atoms with van der Waals surface area (Å²) < 4.78 is 28.9. The fraction of sp³-hybridized carbons (Fsp3) is 0.300. The molecule has 2 amide bonds. The molecule has 0 bridgehead atoms. The second-order valence-corrected chi connectivity index (χ2v) is 8.18. The Morgan fingerprint density at radius 1 is 0.931 bits per heavy atom. The molecule has 0 spiro atoms. The summed E-state index contributed by atoms with van der Waals surface area (Å²) in [5, 5.41) is 4.70. The molecule has 2 rings (SSSR count). The number of methoxy groups -OCH3 is 1. The van der Waals surface area contributed by atoms with Gasteiger partial charge >= 0.3 is 19.7 Å². The molecular formula is C20H25N2O6P. The first-order valence-electron chi connectivity index (χ1n) is 9.07. The molecule has 2 N–H and O–H groups in total. The van der Waals surface area contributed by atoms with Gasteiger partial charge in [-0.3, -0.25) is 0 Å². The molecule has 0 aliphatic rings. The highest BCUT2D eigenvalue weighted by atomic mass is 31.2. The normalized spacial score (nSPS) is 12.0. The van der Waals surface area contributed by atoms with E-state index in [1.165, 1.54) is 7.11 Å². The SMILES string of the molecule is COC(=O)C(CC(C)C)NC(=O)NP(=O)(Oc1ccccc1)Oc1ccccc1. The molecule has 0 aliphatic carbocycles. The number of rotatable bonds is 9. The van der Waals surface area contributed by atoms with Crippen molar-refractivity contribution < 1.29 is 27.9 Å². The summed E-state index contributed by atoms with van der Waals surface area (Å²) in [5.41, 5.74) is 0. The summed E-state index contributed by atoms with van der Waals surface area (Å²) in [7, 11) is -2.93. The number of carbonyl (C=O) groups is 2. The van der Waals surface area contributed by atoms with E-state index in [-0.39, 0.29) is 17.4 Å². The molecule has 0 aliphatic heterocycles. The maximum Gasteiger partial charge on any atom is 0.545 e. The first kappa shape index (κ1) is 22.3. The number of para-hydroxylation sites is 2. The fourth-order valence-electron chi connectivity index (χ4n) is 2.45. The zero-order valence-corrected chi connectivity index (χ0v) is 17.4. The lowest BCUT2D eigenvalue weighted by Gasteiger charge is -2.22. The van der Waals surface area contributed by atoms with Crippen LogP contribution in [0.2, 0.25) is 0 Å². The van der Waals surface area contributed by atoms with E-state index in [0.717, 1.165) is 0 Å². The van der Waals surface area contributed by atoms with Gasteiger partial charge in [0.1, 0.15) is 17.5 Å². The largest absolute Gasteiger partial charge is 0.545 e. The van der Waals surface area contributed by atoms with Crippen LogP contribution in [-0.4, -0.2) is 25.2 Å². The minimum absolute atomic E-state index is 0.118. The van der Waals surface area contributed by atoms with Crippen molar-refractivity contribution in [3.05, 3.63) is 60.7 Å². The molecule has 0 radical (unpaired) electrons. The number of amides is 2. The van der Waals surface area contributed by atoms with Gasteiger partial charge in [0.15, 0.2) is 0 Å². The molecule has 1 unspecified atom stereocenters. The van der Waals surface area contributed by atoms with E-state index in [4.69, 9.17) is 13.8 Å². The smallest absolute Gasteiger partial charge is 0.467 e. The first-order valence-corrected chi connectivity index (χ1v) is 10.6. The average molecular weight is 420 g/mol.